The standard InChI is InChI=1S/C34H62O3/c1-4-6-8-9-11-13-29-18-20-31(21-19-29)32-23-26-34(27-24-32,37-33(35)36-3)25-22-30-16-14-28(15-17-30)12-10-7-5-2/h28-32H,4-27H2,1-3H3/t28-,29?,30-,31?,32?,34?. The van der Waals surface area contributed by atoms with Gasteiger partial charge >= 0.3 is 6.16 Å². The van der Waals surface area contributed by atoms with Gasteiger partial charge in [0.15, 0.2) is 0 Å². The van der Waals surface area contributed by atoms with E-state index in [1.807, 2.05) is 0 Å². The largest absolute Gasteiger partial charge is 0.508 e. The fraction of sp³-hybridized carbons (Fsp3) is 0.971. The fourth-order valence-electron chi connectivity index (χ4n) is 8.20. The maximum atomic E-state index is 12.2. The van der Waals surface area contributed by atoms with Gasteiger partial charge in [0.2, 0.25) is 0 Å². The molecule has 0 aromatic heterocycles. The van der Waals surface area contributed by atoms with Gasteiger partial charge in [0.1, 0.15) is 5.60 Å². The number of hydrogen-bond acceptors (Lipinski definition) is 3. The van der Waals surface area contributed by atoms with E-state index in [0.29, 0.717) is 0 Å². The Hall–Kier alpha value is -0.730. The smallest absolute Gasteiger partial charge is 0.438 e. The van der Waals surface area contributed by atoms with Gasteiger partial charge < -0.3 is 9.47 Å². The first kappa shape index (κ1) is 30.8. The molecule has 37 heavy (non-hydrogen) atoms. The average molecular weight is 519 g/mol. The van der Waals surface area contributed by atoms with E-state index in [0.717, 1.165) is 48.9 Å². The summed E-state index contributed by atoms with van der Waals surface area (Å²) in [6, 6.07) is 0. The second kappa shape index (κ2) is 17.1. The van der Waals surface area contributed by atoms with E-state index in [4.69, 9.17) is 9.47 Å². The molecular formula is C34H62O3. The minimum atomic E-state index is -0.461. The summed E-state index contributed by atoms with van der Waals surface area (Å²) in [6.07, 6.45) is 32.0. The molecule has 0 aliphatic heterocycles. The minimum absolute atomic E-state index is 0.267. The fourth-order valence-corrected chi connectivity index (χ4v) is 8.20. The maximum absolute atomic E-state index is 12.2. The van der Waals surface area contributed by atoms with E-state index in [2.05, 4.69) is 13.8 Å². The lowest BCUT2D eigenvalue weighted by molar-refractivity contribution is -0.0701. The summed E-state index contributed by atoms with van der Waals surface area (Å²) in [5.74, 6) is 4.55. The summed E-state index contributed by atoms with van der Waals surface area (Å²) in [5, 5.41) is 0. The van der Waals surface area contributed by atoms with Gasteiger partial charge in [0.05, 0.1) is 7.11 Å². The van der Waals surface area contributed by atoms with Crippen molar-refractivity contribution in [3.8, 4) is 0 Å². The van der Waals surface area contributed by atoms with Crippen molar-refractivity contribution in [2.45, 2.75) is 174 Å². The van der Waals surface area contributed by atoms with Crippen LogP contribution in [0.5, 0.6) is 0 Å². The Balaban J connectivity index is 1.39. The average Bonchev–Trinajstić information content (AvgIpc) is 2.93. The van der Waals surface area contributed by atoms with Gasteiger partial charge in [0.25, 0.3) is 0 Å². The van der Waals surface area contributed by atoms with Crippen LogP contribution in [0.15, 0.2) is 0 Å². The summed E-state index contributed by atoms with van der Waals surface area (Å²) in [5.41, 5.74) is -0.267. The molecule has 0 bridgehead atoms. The van der Waals surface area contributed by atoms with Gasteiger partial charge in [0, 0.05) is 0 Å². The molecule has 0 aromatic carbocycles. The molecule has 216 valence electrons. The topological polar surface area (TPSA) is 35.5 Å². The van der Waals surface area contributed by atoms with Crippen LogP contribution in [-0.4, -0.2) is 18.9 Å². The minimum Gasteiger partial charge on any atom is -0.438 e. The predicted octanol–water partition coefficient (Wildman–Crippen LogP) is 11.0. The number of rotatable bonds is 15. The van der Waals surface area contributed by atoms with Gasteiger partial charge in [-0.05, 0) is 81.0 Å². The lowest BCUT2D eigenvalue weighted by Gasteiger charge is -2.43. The number of ether oxygens (including phenoxy) is 2. The Morgan fingerprint density at radius 1 is 0.622 bits per heavy atom. The lowest BCUT2D eigenvalue weighted by Crippen LogP contribution is -2.41. The third-order valence-corrected chi connectivity index (χ3v) is 10.9. The number of carbonyl (C=O) groups is 1. The summed E-state index contributed by atoms with van der Waals surface area (Å²) in [6.45, 7) is 4.61. The predicted molar refractivity (Wildman–Crippen MR) is 156 cm³/mol. The molecule has 3 rings (SSSR count). The van der Waals surface area contributed by atoms with Crippen LogP contribution in [0.1, 0.15) is 168 Å². The molecule has 0 N–H and O–H groups in total. The molecule has 0 spiro atoms. The zero-order valence-corrected chi connectivity index (χ0v) is 25.1. The van der Waals surface area contributed by atoms with Gasteiger partial charge in [-0.15, -0.1) is 0 Å². The second-order valence-corrected chi connectivity index (χ2v) is 13.5. The first-order valence-electron chi connectivity index (χ1n) is 16.8. The second-order valence-electron chi connectivity index (χ2n) is 13.5. The van der Waals surface area contributed by atoms with E-state index in [1.165, 1.54) is 142 Å². The summed E-state index contributed by atoms with van der Waals surface area (Å²) in [4.78, 5) is 12.2. The van der Waals surface area contributed by atoms with Crippen molar-refractivity contribution in [3.63, 3.8) is 0 Å². The van der Waals surface area contributed by atoms with Gasteiger partial charge in [-0.25, -0.2) is 4.79 Å². The van der Waals surface area contributed by atoms with E-state index in [9.17, 15) is 4.79 Å². The van der Waals surface area contributed by atoms with Crippen molar-refractivity contribution < 1.29 is 14.3 Å². The van der Waals surface area contributed by atoms with Crippen LogP contribution in [0.4, 0.5) is 4.79 Å². The Kier molecular flexibility index (Phi) is 14.2. The number of hydrogen-bond donors (Lipinski definition) is 0. The highest BCUT2D eigenvalue weighted by atomic mass is 16.7. The van der Waals surface area contributed by atoms with Crippen molar-refractivity contribution in [1.29, 1.82) is 0 Å². The maximum Gasteiger partial charge on any atom is 0.508 e. The molecule has 0 aromatic rings. The number of unbranched alkanes of at least 4 members (excludes halogenated alkanes) is 6. The molecule has 0 amide bonds. The third kappa shape index (κ3) is 10.7. The summed E-state index contributed by atoms with van der Waals surface area (Å²) < 4.78 is 11.0. The van der Waals surface area contributed by atoms with Crippen molar-refractivity contribution in [3.05, 3.63) is 0 Å². The van der Waals surface area contributed by atoms with Crippen molar-refractivity contribution in [1.82, 2.24) is 0 Å². The third-order valence-electron chi connectivity index (χ3n) is 10.9. The molecule has 0 radical (unpaired) electrons. The van der Waals surface area contributed by atoms with Crippen molar-refractivity contribution in [2.24, 2.45) is 29.6 Å². The number of carbonyl (C=O) groups excluding carboxylic acids is 1. The molecule has 3 saturated carbocycles. The molecule has 0 unspecified atom stereocenters. The van der Waals surface area contributed by atoms with Gasteiger partial charge in [-0.1, -0.05) is 117 Å². The molecule has 3 fully saturated rings. The zero-order chi connectivity index (χ0) is 26.3. The Bertz CT molecular complexity index is 592. The summed E-state index contributed by atoms with van der Waals surface area (Å²) in [7, 11) is 1.46. The van der Waals surface area contributed by atoms with Crippen molar-refractivity contribution >= 4 is 6.16 Å². The first-order chi connectivity index (χ1) is 18.1. The van der Waals surface area contributed by atoms with Crippen LogP contribution in [0.3, 0.4) is 0 Å². The highest BCUT2D eigenvalue weighted by Crippen LogP contribution is 2.47. The number of methoxy groups -OCH3 is 1. The Morgan fingerprint density at radius 3 is 1.65 bits per heavy atom. The van der Waals surface area contributed by atoms with Crippen LogP contribution < -0.4 is 0 Å². The van der Waals surface area contributed by atoms with Crippen LogP contribution in [0, 0.1) is 29.6 Å². The first-order valence-corrected chi connectivity index (χ1v) is 16.8. The van der Waals surface area contributed by atoms with Crippen LogP contribution in [0.25, 0.3) is 0 Å². The normalized spacial score (nSPS) is 32.7. The molecule has 0 atom stereocenters. The molecule has 3 heteroatoms. The van der Waals surface area contributed by atoms with E-state index >= 15 is 0 Å². The monoisotopic (exact) mass is 518 g/mol. The highest BCUT2D eigenvalue weighted by molar-refractivity contribution is 5.60. The molecule has 3 aliphatic carbocycles. The zero-order valence-electron chi connectivity index (χ0n) is 25.1. The van der Waals surface area contributed by atoms with E-state index in [-0.39, 0.29) is 5.60 Å². The van der Waals surface area contributed by atoms with Crippen molar-refractivity contribution in [2.75, 3.05) is 7.11 Å². The summed E-state index contributed by atoms with van der Waals surface area (Å²) >= 11 is 0. The molecular weight excluding hydrogens is 456 g/mol. The quantitative estimate of drug-likeness (QED) is 0.160. The van der Waals surface area contributed by atoms with Crippen LogP contribution >= 0.6 is 0 Å². The van der Waals surface area contributed by atoms with Crippen LogP contribution in [-0.2, 0) is 9.47 Å². The molecule has 0 heterocycles. The highest BCUT2D eigenvalue weighted by Gasteiger charge is 2.42. The Morgan fingerprint density at radius 2 is 1.08 bits per heavy atom. The Labute approximate surface area is 230 Å². The SMILES string of the molecule is CCCCCCCC1CCC(C2CCC(CC[C@H]3CC[C@H](CCCCC)CC3)(OC(=O)OC)CC2)CC1. The van der Waals surface area contributed by atoms with Crippen LogP contribution in [0.2, 0.25) is 0 Å². The molecule has 0 saturated heterocycles. The molecule has 3 aliphatic rings. The van der Waals surface area contributed by atoms with E-state index in [1.54, 1.807) is 0 Å². The van der Waals surface area contributed by atoms with Gasteiger partial charge in [-0.2, -0.15) is 0 Å². The van der Waals surface area contributed by atoms with E-state index < -0.39 is 6.16 Å². The lowest BCUT2D eigenvalue weighted by atomic mass is 9.66. The molecule has 3 nitrogen and oxygen atoms in total. The van der Waals surface area contributed by atoms with Gasteiger partial charge in [-0.3, -0.25) is 0 Å².